The molecule has 2 aliphatic rings. The van der Waals surface area contributed by atoms with Crippen LogP contribution in [0.5, 0.6) is 11.5 Å². The molecule has 1 unspecified atom stereocenters. The first-order chi connectivity index (χ1) is 13.7. The number of fused-ring (bicyclic) bond motifs is 2. The van der Waals surface area contributed by atoms with Crippen molar-refractivity contribution in [2.45, 2.75) is 13.1 Å². The molecule has 5 nitrogen and oxygen atoms in total. The third kappa shape index (κ3) is 2.67. The fourth-order valence-corrected chi connectivity index (χ4v) is 3.83. The van der Waals surface area contributed by atoms with Gasteiger partial charge in [0.15, 0.2) is 11.5 Å². The largest absolute Gasteiger partial charge is 0.486 e. The molecule has 1 atom stereocenters. The average molecular weight is 372 g/mol. The van der Waals surface area contributed by atoms with E-state index >= 15 is 0 Å². The number of para-hydroxylation sites is 1. The number of hydrogen-bond donors (Lipinski definition) is 1. The van der Waals surface area contributed by atoms with E-state index in [1.54, 1.807) is 0 Å². The summed E-state index contributed by atoms with van der Waals surface area (Å²) >= 11 is 0. The van der Waals surface area contributed by atoms with Gasteiger partial charge >= 0.3 is 0 Å². The van der Waals surface area contributed by atoms with Crippen molar-refractivity contribution in [3.05, 3.63) is 83.4 Å². The highest BCUT2D eigenvalue weighted by Crippen LogP contribution is 2.40. The van der Waals surface area contributed by atoms with Crippen LogP contribution in [0, 0.1) is 6.92 Å². The molecule has 28 heavy (non-hydrogen) atoms. The van der Waals surface area contributed by atoms with Crippen molar-refractivity contribution < 1.29 is 14.3 Å². The molecule has 0 fully saturated rings. The van der Waals surface area contributed by atoms with Crippen LogP contribution in [0.1, 0.15) is 27.7 Å². The SMILES string of the molecule is Cc1ccccc1N1C(=O)c2ccccc2C1Nc1ccc2c(c1)OCCO2. The highest BCUT2D eigenvalue weighted by Gasteiger charge is 2.38. The summed E-state index contributed by atoms with van der Waals surface area (Å²) in [4.78, 5) is 15.1. The maximum atomic E-state index is 13.2. The van der Waals surface area contributed by atoms with Crippen molar-refractivity contribution in [2.24, 2.45) is 0 Å². The third-order valence-electron chi connectivity index (χ3n) is 5.18. The molecule has 0 radical (unpaired) electrons. The van der Waals surface area contributed by atoms with E-state index in [-0.39, 0.29) is 12.1 Å². The van der Waals surface area contributed by atoms with Gasteiger partial charge in [-0.15, -0.1) is 0 Å². The van der Waals surface area contributed by atoms with Crippen LogP contribution >= 0.6 is 0 Å². The topological polar surface area (TPSA) is 50.8 Å². The lowest BCUT2D eigenvalue weighted by molar-refractivity contribution is 0.0993. The zero-order valence-corrected chi connectivity index (χ0v) is 15.5. The number of hydrogen-bond acceptors (Lipinski definition) is 4. The van der Waals surface area contributed by atoms with E-state index in [4.69, 9.17) is 9.47 Å². The molecule has 0 saturated heterocycles. The van der Waals surface area contributed by atoms with Crippen LogP contribution in [0.4, 0.5) is 11.4 Å². The van der Waals surface area contributed by atoms with Gasteiger partial charge in [0.05, 0.1) is 0 Å². The Morgan fingerprint density at radius 2 is 1.68 bits per heavy atom. The molecule has 5 heteroatoms. The Kier molecular flexibility index (Phi) is 3.93. The number of anilines is 2. The van der Waals surface area contributed by atoms with Gasteiger partial charge in [-0.05, 0) is 36.8 Å². The fourth-order valence-electron chi connectivity index (χ4n) is 3.83. The predicted molar refractivity (Wildman–Crippen MR) is 108 cm³/mol. The monoisotopic (exact) mass is 372 g/mol. The molecule has 3 aromatic rings. The highest BCUT2D eigenvalue weighted by atomic mass is 16.6. The molecule has 1 amide bonds. The van der Waals surface area contributed by atoms with Gasteiger partial charge in [-0.1, -0.05) is 36.4 Å². The molecular weight excluding hydrogens is 352 g/mol. The number of carbonyl (C=O) groups is 1. The summed E-state index contributed by atoms with van der Waals surface area (Å²) in [6, 6.07) is 21.5. The summed E-state index contributed by atoms with van der Waals surface area (Å²) in [6.07, 6.45) is -0.299. The second-order valence-electron chi connectivity index (χ2n) is 6.95. The van der Waals surface area contributed by atoms with Crippen LogP contribution in [0.2, 0.25) is 0 Å². The van der Waals surface area contributed by atoms with Gasteiger partial charge in [0, 0.05) is 28.6 Å². The Hall–Kier alpha value is -3.47. The first-order valence-corrected chi connectivity index (χ1v) is 9.37. The molecule has 1 N–H and O–H groups in total. The minimum atomic E-state index is -0.299. The van der Waals surface area contributed by atoms with Crippen molar-refractivity contribution in [3.8, 4) is 11.5 Å². The number of nitrogens with zero attached hydrogens (tertiary/aromatic N) is 1. The van der Waals surface area contributed by atoms with Gasteiger partial charge in [0.25, 0.3) is 5.91 Å². The van der Waals surface area contributed by atoms with E-state index in [0.29, 0.717) is 13.2 Å². The lowest BCUT2D eigenvalue weighted by Gasteiger charge is -2.29. The highest BCUT2D eigenvalue weighted by molar-refractivity contribution is 6.11. The molecule has 0 bridgehead atoms. The van der Waals surface area contributed by atoms with Crippen LogP contribution in [0.15, 0.2) is 66.7 Å². The minimum Gasteiger partial charge on any atom is -0.486 e. The Labute approximate surface area is 163 Å². The van der Waals surface area contributed by atoms with E-state index in [9.17, 15) is 4.79 Å². The molecule has 5 rings (SSSR count). The summed E-state index contributed by atoms with van der Waals surface area (Å²) in [5.74, 6) is 1.46. The quantitative estimate of drug-likeness (QED) is 0.733. The normalized spacial score (nSPS) is 17.4. The first kappa shape index (κ1) is 16.7. The standard InChI is InChI=1S/C23H20N2O3/c1-15-6-2-5-9-19(15)25-22(17-7-3-4-8-18(17)23(25)26)24-16-10-11-20-21(14-16)28-13-12-27-20/h2-11,14,22,24H,12-13H2,1H3. The summed E-state index contributed by atoms with van der Waals surface area (Å²) in [5, 5.41) is 3.52. The average Bonchev–Trinajstić information content (AvgIpc) is 3.00. The number of ether oxygens (including phenoxy) is 2. The molecule has 140 valence electrons. The first-order valence-electron chi connectivity index (χ1n) is 9.37. The maximum Gasteiger partial charge on any atom is 0.260 e. The zero-order chi connectivity index (χ0) is 19.1. The van der Waals surface area contributed by atoms with E-state index in [1.165, 1.54) is 0 Å². The molecular formula is C23H20N2O3. The lowest BCUT2D eigenvalue weighted by atomic mass is 10.1. The van der Waals surface area contributed by atoms with Crippen LogP contribution in [-0.2, 0) is 0 Å². The van der Waals surface area contributed by atoms with Crippen molar-refractivity contribution in [1.82, 2.24) is 0 Å². The second-order valence-corrected chi connectivity index (χ2v) is 6.95. The summed E-state index contributed by atoms with van der Waals surface area (Å²) in [5.41, 5.74) is 4.51. The van der Waals surface area contributed by atoms with Crippen LogP contribution in [0.3, 0.4) is 0 Å². The fraction of sp³-hybridized carbons (Fsp3) is 0.174. The van der Waals surface area contributed by atoms with Crippen molar-refractivity contribution in [2.75, 3.05) is 23.4 Å². The van der Waals surface area contributed by atoms with Crippen LogP contribution < -0.4 is 19.7 Å². The van der Waals surface area contributed by atoms with Crippen molar-refractivity contribution in [1.29, 1.82) is 0 Å². The van der Waals surface area contributed by atoms with E-state index < -0.39 is 0 Å². The smallest absolute Gasteiger partial charge is 0.260 e. The maximum absolute atomic E-state index is 13.2. The number of aryl methyl sites for hydroxylation is 1. The second kappa shape index (κ2) is 6.60. The molecule has 2 heterocycles. The van der Waals surface area contributed by atoms with E-state index in [1.807, 2.05) is 78.6 Å². The number of benzene rings is 3. The predicted octanol–water partition coefficient (Wildman–Crippen LogP) is 4.54. The summed E-state index contributed by atoms with van der Waals surface area (Å²) < 4.78 is 11.3. The zero-order valence-electron chi connectivity index (χ0n) is 15.5. The Morgan fingerprint density at radius 1 is 0.929 bits per heavy atom. The lowest BCUT2D eigenvalue weighted by Crippen LogP contribution is -2.32. The molecule has 0 saturated carbocycles. The van der Waals surface area contributed by atoms with Crippen molar-refractivity contribution in [3.63, 3.8) is 0 Å². The minimum absolute atomic E-state index is 0.0000525. The van der Waals surface area contributed by atoms with Gasteiger partial charge < -0.3 is 14.8 Å². The molecule has 3 aromatic carbocycles. The Balaban J connectivity index is 1.57. The van der Waals surface area contributed by atoms with Gasteiger partial charge in [-0.25, -0.2) is 0 Å². The number of nitrogens with one attached hydrogen (secondary N) is 1. The van der Waals surface area contributed by atoms with Gasteiger partial charge in [-0.2, -0.15) is 0 Å². The third-order valence-corrected chi connectivity index (χ3v) is 5.18. The molecule has 0 aromatic heterocycles. The van der Waals surface area contributed by atoms with E-state index in [2.05, 4.69) is 5.32 Å². The Morgan fingerprint density at radius 3 is 2.54 bits per heavy atom. The summed E-state index contributed by atoms with van der Waals surface area (Å²) in [6.45, 7) is 3.12. The number of carbonyl (C=O) groups excluding carboxylic acids is 1. The molecule has 2 aliphatic heterocycles. The van der Waals surface area contributed by atoms with Crippen LogP contribution in [-0.4, -0.2) is 19.1 Å². The molecule has 0 spiro atoms. The Bertz CT molecular complexity index is 1060. The van der Waals surface area contributed by atoms with Crippen molar-refractivity contribution >= 4 is 17.3 Å². The number of amides is 1. The number of rotatable bonds is 3. The summed E-state index contributed by atoms with van der Waals surface area (Å²) in [7, 11) is 0. The molecule has 0 aliphatic carbocycles. The van der Waals surface area contributed by atoms with Gasteiger partial charge in [0.2, 0.25) is 0 Å². The van der Waals surface area contributed by atoms with Gasteiger partial charge in [-0.3, -0.25) is 9.69 Å². The van der Waals surface area contributed by atoms with Crippen LogP contribution in [0.25, 0.3) is 0 Å². The van der Waals surface area contributed by atoms with Gasteiger partial charge in [0.1, 0.15) is 19.4 Å². The van der Waals surface area contributed by atoms with E-state index in [0.717, 1.165) is 39.6 Å².